The van der Waals surface area contributed by atoms with Crippen LogP contribution in [0.3, 0.4) is 0 Å². The zero-order chi connectivity index (χ0) is 42.7. The molecule has 1 heterocycles. The molecule has 0 saturated heterocycles. The second kappa shape index (κ2) is 24.1. The van der Waals surface area contributed by atoms with E-state index in [2.05, 4.69) is 114 Å². The molecule has 6 nitrogen and oxygen atoms in total. The third kappa shape index (κ3) is 12.1. The van der Waals surface area contributed by atoms with Crippen LogP contribution >= 0.6 is 0 Å². The first kappa shape index (κ1) is 45.9. The van der Waals surface area contributed by atoms with Crippen molar-refractivity contribution >= 4 is 69.2 Å². The summed E-state index contributed by atoms with van der Waals surface area (Å²) in [6, 6.07) is 31.7. The predicted octanol–water partition coefficient (Wildman–Crippen LogP) is 17.5. The van der Waals surface area contributed by atoms with Gasteiger partial charge >= 0.3 is 267 Å². The van der Waals surface area contributed by atoms with Gasteiger partial charge in [-0.05, 0) is 30.5 Å². The van der Waals surface area contributed by atoms with E-state index < -0.39 is 0 Å². The Labute approximate surface area is 369 Å². The van der Waals surface area contributed by atoms with E-state index in [1.54, 1.807) is 0 Å². The van der Waals surface area contributed by atoms with E-state index in [1.807, 2.05) is 30.4 Å². The molecule has 5 aromatic rings. The molecule has 5 aromatic carbocycles. The first-order valence-corrected chi connectivity index (χ1v) is 24.1. The Morgan fingerprint density at radius 3 is 1.59 bits per heavy atom. The molecule has 1 unspecified atom stereocenters. The van der Waals surface area contributed by atoms with Gasteiger partial charge in [-0.2, -0.15) is 5.11 Å². The smallest absolute Gasteiger partial charge is 0.0654 e. The molecule has 0 spiro atoms. The minimum Gasteiger partial charge on any atom is -0.0654 e. The summed E-state index contributed by atoms with van der Waals surface area (Å²) in [5, 5.41) is 23.4. The molecule has 61 heavy (non-hydrogen) atoms. The van der Waals surface area contributed by atoms with Gasteiger partial charge in [0.2, 0.25) is 0 Å². The van der Waals surface area contributed by atoms with Crippen molar-refractivity contribution in [3.63, 3.8) is 0 Å². The quantitative estimate of drug-likeness (QED) is 0.0301. The van der Waals surface area contributed by atoms with E-state index in [9.17, 15) is 0 Å². The first-order chi connectivity index (χ1) is 30.0. The van der Waals surface area contributed by atoms with E-state index in [0.29, 0.717) is 0 Å². The third-order valence-corrected chi connectivity index (χ3v) is 12.9. The fourth-order valence-electron chi connectivity index (χ4n) is 9.32. The summed E-state index contributed by atoms with van der Waals surface area (Å²) in [4.78, 5) is 5.03. The Kier molecular flexibility index (Phi) is 18.1. The molecule has 1 aliphatic rings. The number of hydrogen-bond acceptors (Lipinski definition) is 6. The van der Waals surface area contributed by atoms with Crippen LogP contribution in [0.25, 0.3) is 21.5 Å². The molecule has 1 atom stereocenters. The van der Waals surface area contributed by atoms with Crippen LogP contribution in [0.4, 0.5) is 34.1 Å². The molecule has 0 bridgehead atoms. The van der Waals surface area contributed by atoms with Gasteiger partial charge in [-0.15, -0.1) is 5.11 Å². The minimum absolute atomic E-state index is 0.266. The Hall–Kier alpha value is -4.65. The van der Waals surface area contributed by atoms with Crippen molar-refractivity contribution in [2.45, 2.75) is 168 Å². The van der Waals surface area contributed by atoms with Crippen LogP contribution in [-0.2, 0) is 6.42 Å². The SMILES string of the molecule is [B]=CN1c2ccc(N=Nc3ccc(N=Nc4ccc(CCCC)cc4)c4ccccc34)c3cccc(c23)N(CCCCCCCC)C1(C)CCCCCCCCCCCCC. The Bertz CT molecular complexity index is 2180. The Balaban J connectivity index is 1.22. The van der Waals surface area contributed by atoms with Crippen molar-refractivity contribution in [3.8, 4) is 0 Å². The molecule has 1 aliphatic heterocycles. The van der Waals surface area contributed by atoms with E-state index in [1.165, 1.54) is 132 Å². The second-order valence-corrected chi connectivity index (χ2v) is 17.6. The summed E-state index contributed by atoms with van der Waals surface area (Å²) in [6.07, 6.45) is 28.7. The molecule has 1 radical (unpaired) electrons. The van der Waals surface area contributed by atoms with Gasteiger partial charge in [0.1, 0.15) is 0 Å². The topological polar surface area (TPSA) is 55.9 Å². The fourth-order valence-corrected chi connectivity index (χ4v) is 9.32. The molecule has 0 aliphatic carbocycles. The molecule has 7 heteroatoms. The van der Waals surface area contributed by atoms with Crippen LogP contribution in [0.2, 0.25) is 0 Å². The zero-order valence-corrected chi connectivity index (χ0v) is 38.1. The molecule has 0 fully saturated rings. The average Bonchev–Trinajstić information content (AvgIpc) is 3.29. The van der Waals surface area contributed by atoms with Crippen molar-refractivity contribution in [2.24, 2.45) is 20.5 Å². The van der Waals surface area contributed by atoms with Crippen LogP contribution in [0, 0.1) is 0 Å². The van der Waals surface area contributed by atoms with Gasteiger partial charge in [-0.3, -0.25) is 0 Å². The third-order valence-electron chi connectivity index (χ3n) is 12.9. The van der Waals surface area contributed by atoms with Gasteiger partial charge < -0.3 is 0 Å². The number of unbranched alkanes of at least 4 members (excludes halogenated alkanes) is 16. The zero-order valence-electron chi connectivity index (χ0n) is 38.1. The Morgan fingerprint density at radius 2 is 1.00 bits per heavy atom. The average molecular weight is 816 g/mol. The standard InChI is InChI=1S/C54H72BN6/c1-5-8-11-13-15-16-17-18-19-20-24-40-54(4)60(41-25-21-14-12-9-6-2)51-31-26-30-47-50(38-39-52(53(47)51)61(54)42-55)59-58-49-37-36-48(45-28-22-23-29-46(45)49)57-56-44-34-32-43(33-35-44)27-10-7-3/h22-23,26,28-39,42H,5-21,24-25,27,40-41H2,1-4H3. The van der Waals surface area contributed by atoms with E-state index in [4.69, 9.17) is 17.7 Å². The summed E-state index contributed by atoms with van der Waals surface area (Å²) < 4.78 is 0. The number of fused-ring (bicyclic) bond motifs is 1. The monoisotopic (exact) mass is 816 g/mol. The molecule has 0 N–H and O–H groups in total. The number of nitrogens with zero attached hydrogens (tertiary/aromatic N) is 6. The second-order valence-electron chi connectivity index (χ2n) is 17.6. The van der Waals surface area contributed by atoms with Crippen molar-refractivity contribution in [1.82, 2.24) is 0 Å². The number of rotatable bonds is 27. The summed E-state index contributed by atoms with van der Waals surface area (Å²) in [6.45, 7) is 10.2. The maximum atomic E-state index is 6.64. The van der Waals surface area contributed by atoms with Gasteiger partial charge in [-0.25, -0.2) is 0 Å². The molecular weight excluding hydrogens is 743 g/mol. The number of anilines is 2. The number of azo groups is 2. The van der Waals surface area contributed by atoms with E-state index in [-0.39, 0.29) is 5.66 Å². The number of hydrogen-bond donors (Lipinski definition) is 0. The summed E-state index contributed by atoms with van der Waals surface area (Å²) in [5.41, 5.74) is 6.80. The van der Waals surface area contributed by atoms with Gasteiger partial charge in [-0.1, -0.05) is 57.7 Å². The Morgan fingerprint density at radius 1 is 0.492 bits per heavy atom. The van der Waals surface area contributed by atoms with Crippen LogP contribution in [-0.4, -0.2) is 25.8 Å². The summed E-state index contributed by atoms with van der Waals surface area (Å²) in [5.74, 6) is 0. The van der Waals surface area contributed by atoms with Crippen LogP contribution in [0.1, 0.15) is 162 Å². The molecule has 0 saturated carbocycles. The number of aryl methyl sites for hydroxylation is 1. The molecule has 6 rings (SSSR count). The molecule has 0 amide bonds. The van der Waals surface area contributed by atoms with Crippen LogP contribution in [0.5, 0.6) is 0 Å². The molecule has 0 aromatic heterocycles. The predicted molar refractivity (Wildman–Crippen MR) is 266 cm³/mol. The normalized spacial score (nSPS) is 15.3. The van der Waals surface area contributed by atoms with E-state index >= 15 is 0 Å². The van der Waals surface area contributed by atoms with Gasteiger partial charge in [0.25, 0.3) is 0 Å². The molecule has 321 valence electrons. The summed E-state index contributed by atoms with van der Waals surface area (Å²) in [7, 11) is 6.64. The fraction of sp³-hybridized carbons (Fsp3) is 0.500. The van der Waals surface area contributed by atoms with Crippen molar-refractivity contribution < 1.29 is 0 Å². The van der Waals surface area contributed by atoms with Crippen molar-refractivity contribution in [3.05, 3.63) is 96.6 Å². The van der Waals surface area contributed by atoms with Crippen LogP contribution < -0.4 is 9.80 Å². The van der Waals surface area contributed by atoms with Gasteiger partial charge in [0, 0.05) is 0 Å². The van der Waals surface area contributed by atoms with E-state index in [0.717, 1.165) is 70.4 Å². The van der Waals surface area contributed by atoms with Gasteiger partial charge in [0.15, 0.2) is 0 Å². The minimum atomic E-state index is -0.266. The number of benzene rings is 5. The summed E-state index contributed by atoms with van der Waals surface area (Å²) >= 11 is 0. The first-order valence-electron chi connectivity index (χ1n) is 24.1. The molecular formula is C54H72BN6. The maximum absolute atomic E-state index is 6.64. The van der Waals surface area contributed by atoms with Gasteiger partial charge in [0.05, 0.1) is 5.69 Å². The van der Waals surface area contributed by atoms with Crippen LogP contribution in [0.15, 0.2) is 111 Å². The van der Waals surface area contributed by atoms with Crippen molar-refractivity contribution in [2.75, 3.05) is 16.3 Å². The van der Waals surface area contributed by atoms with Crippen molar-refractivity contribution in [1.29, 1.82) is 0 Å².